The van der Waals surface area contributed by atoms with E-state index in [0.29, 0.717) is 21.2 Å². The number of carbonyl (C=O) groups is 1. The van der Waals surface area contributed by atoms with Crippen LogP contribution in [0.25, 0.3) is 0 Å². The second-order valence-electron chi connectivity index (χ2n) is 3.18. The molecule has 0 amide bonds. The Morgan fingerprint density at radius 3 is 2.64 bits per heavy atom. The lowest BCUT2D eigenvalue weighted by Crippen LogP contribution is -2.04. The van der Waals surface area contributed by atoms with E-state index in [1.54, 1.807) is 19.9 Å². The summed E-state index contributed by atoms with van der Waals surface area (Å²) in [5.41, 5.74) is 1.63. The number of halogens is 2. The zero-order valence-electron chi connectivity index (χ0n) is 7.90. The van der Waals surface area contributed by atoms with Gasteiger partial charge in [0.2, 0.25) is 0 Å². The molecule has 0 radical (unpaired) electrons. The summed E-state index contributed by atoms with van der Waals surface area (Å²) in [6, 6.07) is 1.69. The molecule has 0 fully saturated rings. The van der Waals surface area contributed by atoms with Crippen molar-refractivity contribution in [2.45, 2.75) is 20.3 Å². The molecule has 0 heterocycles. The highest BCUT2D eigenvalue weighted by atomic mass is 79.9. The lowest BCUT2D eigenvalue weighted by molar-refractivity contribution is -0.136. The summed E-state index contributed by atoms with van der Waals surface area (Å²) in [6.07, 6.45) is -0.142. The number of aryl methyl sites for hydroxylation is 1. The van der Waals surface area contributed by atoms with Crippen molar-refractivity contribution in [2.75, 3.05) is 0 Å². The molecule has 2 nitrogen and oxygen atoms in total. The van der Waals surface area contributed by atoms with E-state index in [0.717, 1.165) is 0 Å². The van der Waals surface area contributed by atoms with Gasteiger partial charge in [-0.25, -0.2) is 4.39 Å². The molecule has 0 spiro atoms. The van der Waals surface area contributed by atoms with E-state index in [1.165, 1.54) is 0 Å². The monoisotopic (exact) mass is 260 g/mol. The summed E-state index contributed by atoms with van der Waals surface area (Å²) in [7, 11) is 0. The normalized spacial score (nSPS) is 10.3. The molecule has 0 atom stereocenters. The molecule has 76 valence electrons. The molecule has 0 saturated carbocycles. The van der Waals surface area contributed by atoms with Crippen molar-refractivity contribution in [2.24, 2.45) is 0 Å². The largest absolute Gasteiger partial charge is 0.481 e. The van der Waals surface area contributed by atoms with Crippen LogP contribution in [0.15, 0.2) is 10.5 Å². The third-order valence-corrected chi connectivity index (χ3v) is 3.06. The van der Waals surface area contributed by atoms with Crippen LogP contribution < -0.4 is 0 Å². The first kappa shape index (κ1) is 11.2. The predicted molar refractivity (Wildman–Crippen MR) is 54.9 cm³/mol. The average molecular weight is 261 g/mol. The first-order valence-corrected chi connectivity index (χ1v) is 4.88. The minimum Gasteiger partial charge on any atom is -0.481 e. The van der Waals surface area contributed by atoms with Gasteiger partial charge >= 0.3 is 5.97 Å². The van der Waals surface area contributed by atoms with Crippen LogP contribution in [0.4, 0.5) is 4.39 Å². The van der Waals surface area contributed by atoms with E-state index in [2.05, 4.69) is 15.9 Å². The molecule has 0 saturated heterocycles. The number of benzene rings is 1. The smallest absolute Gasteiger partial charge is 0.307 e. The number of hydrogen-bond donors (Lipinski definition) is 1. The molecule has 4 heteroatoms. The van der Waals surface area contributed by atoms with Crippen molar-refractivity contribution >= 4 is 21.9 Å². The highest BCUT2D eigenvalue weighted by Gasteiger charge is 2.13. The summed E-state index contributed by atoms with van der Waals surface area (Å²) in [6.45, 7) is 3.32. The Labute approximate surface area is 89.9 Å². The van der Waals surface area contributed by atoms with Crippen molar-refractivity contribution in [3.05, 3.63) is 33.0 Å². The standard InChI is InChI=1S/C10H10BrFO2/c1-5-3-7(4-8(13)14)6(2)10(12)9(5)11/h3H,4H2,1-2H3,(H,13,14). The summed E-state index contributed by atoms with van der Waals surface area (Å²) in [5.74, 6) is -1.32. The van der Waals surface area contributed by atoms with Crippen LogP contribution in [-0.2, 0) is 11.2 Å². The molecular formula is C10H10BrFO2. The van der Waals surface area contributed by atoms with Crippen molar-refractivity contribution in [3.63, 3.8) is 0 Å². The maximum absolute atomic E-state index is 13.5. The quantitative estimate of drug-likeness (QED) is 0.888. The summed E-state index contributed by atoms with van der Waals surface area (Å²) in [4.78, 5) is 10.5. The predicted octanol–water partition coefficient (Wildman–Crippen LogP) is 2.83. The van der Waals surface area contributed by atoms with Crippen LogP contribution in [0, 0.1) is 19.7 Å². The SMILES string of the molecule is Cc1cc(CC(=O)O)c(C)c(F)c1Br. The van der Waals surface area contributed by atoms with Gasteiger partial charge in [-0.3, -0.25) is 4.79 Å². The van der Waals surface area contributed by atoms with Gasteiger partial charge in [0.25, 0.3) is 0 Å². The molecule has 1 rings (SSSR count). The van der Waals surface area contributed by atoms with Crippen LogP contribution in [0.3, 0.4) is 0 Å². The molecular weight excluding hydrogens is 251 g/mol. The van der Waals surface area contributed by atoms with E-state index < -0.39 is 5.97 Å². The number of hydrogen-bond acceptors (Lipinski definition) is 1. The van der Waals surface area contributed by atoms with Gasteiger partial charge in [0.15, 0.2) is 0 Å². The van der Waals surface area contributed by atoms with Crippen molar-refractivity contribution in [3.8, 4) is 0 Å². The third-order valence-electron chi connectivity index (χ3n) is 2.08. The van der Waals surface area contributed by atoms with E-state index >= 15 is 0 Å². The van der Waals surface area contributed by atoms with Gasteiger partial charge in [-0.05, 0) is 46.5 Å². The summed E-state index contributed by atoms with van der Waals surface area (Å²) in [5, 5.41) is 8.61. The second kappa shape index (κ2) is 4.09. The Hall–Kier alpha value is -0.900. The molecule has 0 bridgehead atoms. The van der Waals surface area contributed by atoms with E-state index in [1.807, 2.05) is 0 Å². The number of aliphatic carboxylic acids is 1. The van der Waals surface area contributed by atoms with Gasteiger partial charge in [-0.2, -0.15) is 0 Å². The Morgan fingerprint density at radius 1 is 1.57 bits per heavy atom. The molecule has 0 aromatic heterocycles. The van der Waals surface area contributed by atoms with E-state index in [9.17, 15) is 9.18 Å². The van der Waals surface area contributed by atoms with Gasteiger partial charge in [0.05, 0.1) is 10.9 Å². The van der Waals surface area contributed by atoms with Gasteiger partial charge in [-0.1, -0.05) is 6.07 Å². The molecule has 1 N–H and O–H groups in total. The zero-order chi connectivity index (χ0) is 10.9. The minimum absolute atomic E-state index is 0.142. The lowest BCUT2D eigenvalue weighted by Gasteiger charge is -2.08. The second-order valence-corrected chi connectivity index (χ2v) is 3.97. The van der Waals surface area contributed by atoms with Crippen molar-refractivity contribution in [1.29, 1.82) is 0 Å². The van der Waals surface area contributed by atoms with Crippen LogP contribution in [-0.4, -0.2) is 11.1 Å². The van der Waals surface area contributed by atoms with Gasteiger partial charge in [0.1, 0.15) is 5.82 Å². The van der Waals surface area contributed by atoms with Crippen LogP contribution in [0.5, 0.6) is 0 Å². The Morgan fingerprint density at radius 2 is 2.14 bits per heavy atom. The molecule has 14 heavy (non-hydrogen) atoms. The Kier molecular flexibility index (Phi) is 3.26. The van der Waals surface area contributed by atoms with E-state index in [-0.39, 0.29) is 12.2 Å². The molecule has 0 unspecified atom stereocenters. The van der Waals surface area contributed by atoms with Crippen molar-refractivity contribution < 1.29 is 14.3 Å². The minimum atomic E-state index is -0.950. The highest BCUT2D eigenvalue weighted by Crippen LogP contribution is 2.26. The fourth-order valence-electron chi connectivity index (χ4n) is 1.26. The van der Waals surface area contributed by atoms with Crippen LogP contribution in [0.1, 0.15) is 16.7 Å². The Balaban J connectivity index is 3.25. The number of carboxylic acids is 1. The zero-order valence-corrected chi connectivity index (χ0v) is 9.48. The fourth-order valence-corrected chi connectivity index (χ4v) is 1.67. The molecule has 0 aliphatic carbocycles. The van der Waals surface area contributed by atoms with E-state index in [4.69, 9.17) is 5.11 Å². The van der Waals surface area contributed by atoms with Gasteiger partial charge < -0.3 is 5.11 Å². The average Bonchev–Trinajstić information content (AvgIpc) is 2.10. The van der Waals surface area contributed by atoms with Gasteiger partial charge in [0, 0.05) is 0 Å². The lowest BCUT2D eigenvalue weighted by atomic mass is 10.0. The topological polar surface area (TPSA) is 37.3 Å². The first-order valence-electron chi connectivity index (χ1n) is 4.09. The molecule has 1 aromatic rings. The fraction of sp³-hybridized carbons (Fsp3) is 0.300. The van der Waals surface area contributed by atoms with Crippen LogP contribution >= 0.6 is 15.9 Å². The number of carboxylic acid groups (broad SMARTS) is 1. The molecule has 0 aliphatic heterocycles. The first-order chi connectivity index (χ1) is 6.43. The number of rotatable bonds is 2. The Bertz CT molecular complexity index is 388. The van der Waals surface area contributed by atoms with Crippen LogP contribution in [0.2, 0.25) is 0 Å². The maximum atomic E-state index is 13.5. The summed E-state index contributed by atoms with van der Waals surface area (Å²) < 4.78 is 13.9. The highest BCUT2D eigenvalue weighted by molar-refractivity contribution is 9.10. The molecule has 0 aliphatic rings. The van der Waals surface area contributed by atoms with Crippen molar-refractivity contribution in [1.82, 2.24) is 0 Å². The van der Waals surface area contributed by atoms with Gasteiger partial charge in [-0.15, -0.1) is 0 Å². The third kappa shape index (κ3) is 2.12. The summed E-state index contributed by atoms with van der Waals surface area (Å²) >= 11 is 3.11. The maximum Gasteiger partial charge on any atom is 0.307 e. The molecule has 1 aromatic carbocycles.